The highest BCUT2D eigenvalue weighted by Gasteiger charge is 1.96. The van der Waals surface area contributed by atoms with Crippen LogP contribution in [-0.2, 0) is 0 Å². The summed E-state index contributed by atoms with van der Waals surface area (Å²) in [4.78, 5) is 3.81. The summed E-state index contributed by atoms with van der Waals surface area (Å²) in [6, 6.07) is 9.28. The molecular weight excluding hydrogens is 172 g/mol. The summed E-state index contributed by atoms with van der Waals surface area (Å²) in [5, 5.41) is 7.87. The molecule has 0 fully saturated rings. The monoisotopic (exact) mass is 180 g/mol. The van der Waals surface area contributed by atoms with Gasteiger partial charge in [-0.3, -0.25) is 5.41 Å². The fourth-order valence-corrected chi connectivity index (χ4v) is 0.899. The van der Waals surface area contributed by atoms with Gasteiger partial charge in [-0.05, 0) is 6.92 Å². The van der Waals surface area contributed by atoms with Crippen LogP contribution >= 0.6 is 11.6 Å². The van der Waals surface area contributed by atoms with Crippen LogP contribution in [0.25, 0.3) is 0 Å². The van der Waals surface area contributed by atoms with Gasteiger partial charge in [0.05, 0.1) is 0 Å². The van der Waals surface area contributed by atoms with E-state index in [1.807, 2.05) is 30.3 Å². The fourth-order valence-electron chi connectivity index (χ4n) is 0.815. The number of amidine groups is 1. The van der Waals surface area contributed by atoms with Crippen LogP contribution in [0.5, 0.6) is 0 Å². The number of aliphatic imine (C=N–C) groups is 1. The molecule has 1 N–H and O–H groups in total. The van der Waals surface area contributed by atoms with Crippen LogP contribution < -0.4 is 0 Å². The Morgan fingerprint density at radius 1 is 1.33 bits per heavy atom. The topological polar surface area (TPSA) is 36.2 Å². The summed E-state index contributed by atoms with van der Waals surface area (Å²) >= 11 is 5.53. The molecule has 0 radical (unpaired) electrons. The van der Waals surface area contributed by atoms with E-state index in [-0.39, 0.29) is 5.84 Å². The van der Waals surface area contributed by atoms with E-state index >= 15 is 0 Å². The molecule has 0 unspecified atom stereocenters. The predicted molar refractivity (Wildman–Crippen MR) is 52.2 cm³/mol. The Kier molecular flexibility index (Phi) is 3.00. The number of rotatable bonds is 1. The molecule has 0 aliphatic rings. The van der Waals surface area contributed by atoms with Crippen molar-refractivity contribution in [1.29, 1.82) is 5.41 Å². The van der Waals surface area contributed by atoms with E-state index in [0.717, 1.165) is 5.56 Å². The second-order valence-corrected chi connectivity index (χ2v) is 2.87. The van der Waals surface area contributed by atoms with E-state index in [2.05, 4.69) is 4.99 Å². The Hall–Kier alpha value is -1.15. The van der Waals surface area contributed by atoms with Gasteiger partial charge in [0.25, 0.3) is 0 Å². The summed E-state index contributed by atoms with van der Waals surface area (Å²) < 4.78 is 0. The minimum Gasteiger partial charge on any atom is -0.282 e. The largest absolute Gasteiger partial charge is 0.282 e. The molecule has 1 rings (SSSR count). The van der Waals surface area contributed by atoms with Gasteiger partial charge in [0.1, 0.15) is 5.17 Å². The number of benzene rings is 1. The summed E-state index contributed by atoms with van der Waals surface area (Å²) in [5.74, 6) is 0.197. The van der Waals surface area contributed by atoms with E-state index in [1.54, 1.807) is 6.92 Å². The second kappa shape index (κ2) is 4.02. The zero-order valence-corrected chi connectivity index (χ0v) is 7.47. The molecule has 12 heavy (non-hydrogen) atoms. The first-order valence-electron chi connectivity index (χ1n) is 3.55. The summed E-state index contributed by atoms with van der Waals surface area (Å²) in [5.41, 5.74) is 0.775. The first-order valence-corrected chi connectivity index (χ1v) is 3.92. The second-order valence-electron chi connectivity index (χ2n) is 2.32. The number of nitrogens with zero attached hydrogens (tertiary/aromatic N) is 1. The minimum absolute atomic E-state index is 0.197. The molecule has 0 saturated carbocycles. The molecule has 2 nitrogen and oxygen atoms in total. The van der Waals surface area contributed by atoms with Crippen molar-refractivity contribution in [2.24, 2.45) is 4.99 Å². The molecule has 1 aromatic carbocycles. The van der Waals surface area contributed by atoms with Gasteiger partial charge in [-0.15, -0.1) is 0 Å². The third-order valence-electron chi connectivity index (χ3n) is 1.31. The van der Waals surface area contributed by atoms with E-state index in [4.69, 9.17) is 17.0 Å². The van der Waals surface area contributed by atoms with Crippen molar-refractivity contribution >= 4 is 22.6 Å². The van der Waals surface area contributed by atoms with Gasteiger partial charge in [-0.1, -0.05) is 41.9 Å². The van der Waals surface area contributed by atoms with Crippen molar-refractivity contribution in [3.63, 3.8) is 0 Å². The van der Waals surface area contributed by atoms with E-state index in [0.29, 0.717) is 5.17 Å². The van der Waals surface area contributed by atoms with Crippen LogP contribution in [0.15, 0.2) is 35.3 Å². The van der Waals surface area contributed by atoms with Crippen LogP contribution in [0.4, 0.5) is 0 Å². The lowest BCUT2D eigenvalue weighted by molar-refractivity contribution is 1.42. The maximum atomic E-state index is 7.49. The first-order chi connectivity index (χ1) is 5.70. The lowest BCUT2D eigenvalue weighted by atomic mass is 10.2. The lowest BCUT2D eigenvalue weighted by Gasteiger charge is -1.96. The molecule has 0 atom stereocenters. The van der Waals surface area contributed by atoms with Gasteiger partial charge in [-0.2, -0.15) is 0 Å². The third-order valence-corrected chi connectivity index (χ3v) is 1.40. The van der Waals surface area contributed by atoms with Gasteiger partial charge in [-0.25, -0.2) is 4.99 Å². The Balaban J connectivity index is 2.87. The first kappa shape index (κ1) is 8.94. The number of nitrogens with one attached hydrogen (secondary N) is 1. The van der Waals surface area contributed by atoms with E-state index < -0.39 is 0 Å². The highest BCUT2D eigenvalue weighted by molar-refractivity contribution is 6.65. The quantitative estimate of drug-likeness (QED) is 0.510. The fraction of sp³-hybridized carbons (Fsp3) is 0.111. The Morgan fingerprint density at radius 3 is 2.42 bits per heavy atom. The van der Waals surface area contributed by atoms with Crippen LogP contribution in [0, 0.1) is 5.41 Å². The van der Waals surface area contributed by atoms with Crippen molar-refractivity contribution in [2.45, 2.75) is 6.92 Å². The minimum atomic E-state index is 0.197. The van der Waals surface area contributed by atoms with E-state index in [9.17, 15) is 0 Å². The van der Waals surface area contributed by atoms with Crippen molar-refractivity contribution in [3.05, 3.63) is 35.9 Å². The smallest absolute Gasteiger partial charge is 0.153 e. The molecular formula is C9H9ClN2. The molecule has 3 heteroatoms. The highest BCUT2D eigenvalue weighted by atomic mass is 35.5. The summed E-state index contributed by atoms with van der Waals surface area (Å²) in [6.45, 7) is 1.65. The molecule has 0 spiro atoms. The van der Waals surface area contributed by atoms with Crippen LogP contribution in [0.2, 0.25) is 0 Å². The Labute approximate surface area is 76.4 Å². The van der Waals surface area contributed by atoms with Gasteiger partial charge >= 0.3 is 0 Å². The lowest BCUT2D eigenvalue weighted by Crippen LogP contribution is -1.95. The van der Waals surface area contributed by atoms with Crippen LogP contribution in [-0.4, -0.2) is 11.0 Å². The highest BCUT2D eigenvalue weighted by Crippen LogP contribution is 2.01. The standard InChI is InChI=1S/C9H9ClN2/c1-7(10)12-9(11)8-5-3-2-4-6-8/h2-6,11H,1H3. The normalized spacial score (nSPS) is 11.3. The van der Waals surface area contributed by atoms with Crippen LogP contribution in [0.1, 0.15) is 12.5 Å². The summed E-state index contributed by atoms with van der Waals surface area (Å²) in [7, 11) is 0. The Morgan fingerprint density at radius 2 is 1.92 bits per heavy atom. The average molecular weight is 181 g/mol. The zero-order valence-electron chi connectivity index (χ0n) is 6.71. The van der Waals surface area contributed by atoms with Crippen molar-refractivity contribution < 1.29 is 0 Å². The maximum absolute atomic E-state index is 7.49. The molecule has 0 heterocycles. The molecule has 0 bridgehead atoms. The van der Waals surface area contributed by atoms with Crippen molar-refractivity contribution in [3.8, 4) is 0 Å². The van der Waals surface area contributed by atoms with Gasteiger partial charge in [0.15, 0.2) is 5.84 Å². The van der Waals surface area contributed by atoms with E-state index in [1.165, 1.54) is 0 Å². The van der Waals surface area contributed by atoms with Crippen LogP contribution in [0.3, 0.4) is 0 Å². The Bertz CT molecular complexity index is 300. The van der Waals surface area contributed by atoms with Gasteiger partial charge < -0.3 is 0 Å². The molecule has 0 amide bonds. The average Bonchev–Trinajstić information content (AvgIpc) is 2.05. The van der Waals surface area contributed by atoms with Crippen molar-refractivity contribution in [2.75, 3.05) is 0 Å². The van der Waals surface area contributed by atoms with Gasteiger partial charge in [0, 0.05) is 5.56 Å². The zero-order chi connectivity index (χ0) is 8.97. The molecule has 0 aromatic heterocycles. The number of hydrogen-bond acceptors (Lipinski definition) is 1. The summed E-state index contributed by atoms with van der Waals surface area (Å²) in [6.07, 6.45) is 0. The molecule has 0 saturated heterocycles. The molecule has 62 valence electrons. The molecule has 1 aromatic rings. The van der Waals surface area contributed by atoms with Crippen molar-refractivity contribution in [1.82, 2.24) is 0 Å². The molecule has 0 aliphatic heterocycles. The number of halogens is 1. The molecule has 0 aliphatic carbocycles. The maximum Gasteiger partial charge on any atom is 0.153 e. The third kappa shape index (κ3) is 2.47. The SMILES string of the molecule is CC(Cl)=NC(=N)c1ccccc1. The van der Waals surface area contributed by atoms with Gasteiger partial charge in [0.2, 0.25) is 0 Å². The number of hydrogen-bond donors (Lipinski definition) is 1. The predicted octanol–water partition coefficient (Wildman–Crippen LogP) is 2.67.